The van der Waals surface area contributed by atoms with Crippen molar-refractivity contribution >= 4 is 40.1 Å². The third-order valence-corrected chi connectivity index (χ3v) is 6.78. The Morgan fingerprint density at radius 1 is 1.06 bits per heavy atom. The Balaban J connectivity index is 1.50. The van der Waals surface area contributed by atoms with Crippen LogP contribution in [0.4, 0.5) is 5.69 Å². The van der Waals surface area contributed by atoms with Crippen LogP contribution in [0.25, 0.3) is 11.0 Å². The van der Waals surface area contributed by atoms with Gasteiger partial charge in [-0.05, 0) is 49.2 Å². The maximum atomic E-state index is 13.8. The fourth-order valence-electron chi connectivity index (χ4n) is 4.55. The quantitative estimate of drug-likeness (QED) is 0.407. The van der Waals surface area contributed by atoms with Crippen molar-refractivity contribution in [1.82, 2.24) is 14.5 Å². The van der Waals surface area contributed by atoms with Crippen molar-refractivity contribution in [3.63, 3.8) is 0 Å². The lowest BCUT2D eigenvalue weighted by molar-refractivity contribution is -0.142. The molecule has 5 rings (SSSR count). The van der Waals surface area contributed by atoms with Crippen LogP contribution < -0.4 is 5.32 Å². The van der Waals surface area contributed by atoms with Crippen molar-refractivity contribution in [2.75, 3.05) is 5.32 Å². The molecule has 0 fully saturated rings. The minimum atomic E-state index is -0.691. The summed E-state index contributed by atoms with van der Waals surface area (Å²) in [5.41, 5.74) is 4.24. The van der Waals surface area contributed by atoms with E-state index in [4.69, 9.17) is 16.6 Å². The number of halogens is 1. The van der Waals surface area contributed by atoms with Crippen LogP contribution in [0, 0.1) is 6.92 Å². The summed E-state index contributed by atoms with van der Waals surface area (Å²) in [6.07, 6.45) is -0.00427. The summed E-state index contributed by atoms with van der Waals surface area (Å²) in [5, 5.41) is 3.48. The van der Waals surface area contributed by atoms with Crippen molar-refractivity contribution in [2.24, 2.45) is 0 Å². The number of amides is 2. The van der Waals surface area contributed by atoms with E-state index < -0.39 is 6.04 Å². The largest absolute Gasteiger partial charge is 0.327 e. The molecule has 1 aromatic heterocycles. The van der Waals surface area contributed by atoms with E-state index in [-0.39, 0.29) is 24.3 Å². The topological polar surface area (TPSA) is 67.2 Å². The smallest absolute Gasteiger partial charge is 0.247 e. The molecule has 0 spiro atoms. The lowest BCUT2D eigenvalue weighted by Gasteiger charge is -2.38. The van der Waals surface area contributed by atoms with Crippen LogP contribution in [0.1, 0.15) is 42.4 Å². The normalized spacial score (nSPS) is 17.6. The minimum absolute atomic E-state index is 0.00427. The molecule has 0 saturated heterocycles. The Kier molecular flexibility index (Phi) is 5.84. The molecule has 0 saturated carbocycles. The molecular weight excluding hydrogens is 448 g/mol. The standard InChI is InChI=1S/C27H25ClN4O2/c1-17-12-13-20(14-21(17)28)29-25(33)15-24-27(34)31(16-19-8-4-3-5-9-19)18(2)26-30-22-10-6-7-11-23(22)32(24)26/h3-14,18,24H,15-16H2,1-2H3,(H,29,33)/t18-,24+/m0/s1. The fourth-order valence-corrected chi connectivity index (χ4v) is 4.73. The summed E-state index contributed by atoms with van der Waals surface area (Å²) in [6, 6.07) is 22.1. The van der Waals surface area contributed by atoms with Crippen LogP contribution in [0.5, 0.6) is 0 Å². The van der Waals surface area contributed by atoms with Gasteiger partial charge >= 0.3 is 0 Å². The van der Waals surface area contributed by atoms with Crippen LogP contribution in [0.2, 0.25) is 5.02 Å². The number of rotatable bonds is 5. The molecule has 4 aromatic rings. The number of aryl methyl sites for hydroxylation is 1. The molecule has 6 nitrogen and oxygen atoms in total. The van der Waals surface area contributed by atoms with Crippen LogP contribution in [0.3, 0.4) is 0 Å². The van der Waals surface area contributed by atoms with Gasteiger partial charge in [0.05, 0.1) is 23.5 Å². The molecule has 3 aromatic carbocycles. The number of carbonyl (C=O) groups is 2. The van der Waals surface area contributed by atoms with Gasteiger partial charge in [-0.15, -0.1) is 0 Å². The number of carbonyl (C=O) groups excluding carboxylic acids is 2. The Bertz CT molecular complexity index is 1380. The second-order valence-electron chi connectivity index (χ2n) is 8.69. The number of aromatic nitrogens is 2. The molecule has 2 heterocycles. The highest BCUT2D eigenvalue weighted by Gasteiger charge is 2.40. The fraction of sp³-hybridized carbons (Fsp3) is 0.222. The molecule has 1 N–H and O–H groups in total. The number of nitrogens with one attached hydrogen (secondary N) is 1. The van der Waals surface area contributed by atoms with Gasteiger partial charge in [0, 0.05) is 17.3 Å². The number of fused-ring (bicyclic) bond motifs is 3. The molecule has 0 unspecified atom stereocenters. The Hall–Kier alpha value is -3.64. The summed E-state index contributed by atoms with van der Waals surface area (Å²) in [6.45, 7) is 4.35. The Morgan fingerprint density at radius 2 is 1.79 bits per heavy atom. The van der Waals surface area contributed by atoms with E-state index in [0.29, 0.717) is 17.3 Å². The highest BCUT2D eigenvalue weighted by Crippen LogP contribution is 2.37. The van der Waals surface area contributed by atoms with E-state index in [1.807, 2.05) is 90.0 Å². The third-order valence-electron chi connectivity index (χ3n) is 6.37. The zero-order valence-electron chi connectivity index (χ0n) is 19.0. The number of hydrogen-bond donors (Lipinski definition) is 1. The van der Waals surface area contributed by atoms with Gasteiger partial charge in [-0.2, -0.15) is 0 Å². The lowest BCUT2D eigenvalue weighted by atomic mass is 10.0. The van der Waals surface area contributed by atoms with Gasteiger partial charge in [-0.1, -0.05) is 60.1 Å². The molecule has 34 heavy (non-hydrogen) atoms. The molecule has 0 bridgehead atoms. The van der Waals surface area contributed by atoms with E-state index in [9.17, 15) is 9.59 Å². The summed E-state index contributed by atoms with van der Waals surface area (Å²) >= 11 is 6.22. The molecule has 0 aliphatic carbocycles. The van der Waals surface area contributed by atoms with Gasteiger partial charge in [0.2, 0.25) is 11.8 Å². The molecule has 1 aliphatic rings. The molecule has 2 amide bonds. The SMILES string of the molecule is Cc1ccc(NC(=O)C[C@@H]2C(=O)N(Cc3ccccc3)[C@@H](C)c3nc4ccccc4n32)cc1Cl. The number of para-hydroxylation sites is 2. The summed E-state index contributed by atoms with van der Waals surface area (Å²) < 4.78 is 1.94. The van der Waals surface area contributed by atoms with E-state index in [1.54, 1.807) is 6.07 Å². The molecular formula is C27H25ClN4O2. The number of imidazole rings is 1. The number of nitrogens with zero attached hydrogens (tertiary/aromatic N) is 3. The minimum Gasteiger partial charge on any atom is -0.327 e. The average Bonchev–Trinajstić information content (AvgIpc) is 3.22. The van der Waals surface area contributed by atoms with Crippen LogP contribution in [0.15, 0.2) is 72.8 Å². The Morgan fingerprint density at radius 3 is 2.56 bits per heavy atom. The first-order valence-corrected chi connectivity index (χ1v) is 11.7. The maximum absolute atomic E-state index is 13.8. The Labute approximate surface area is 203 Å². The predicted molar refractivity (Wildman–Crippen MR) is 134 cm³/mol. The van der Waals surface area contributed by atoms with Crippen molar-refractivity contribution < 1.29 is 9.59 Å². The monoisotopic (exact) mass is 472 g/mol. The highest BCUT2D eigenvalue weighted by atomic mass is 35.5. The number of hydrogen-bond acceptors (Lipinski definition) is 3. The van der Waals surface area contributed by atoms with E-state index in [0.717, 1.165) is 28.0 Å². The van der Waals surface area contributed by atoms with Crippen molar-refractivity contribution in [3.8, 4) is 0 Å². The molecule has 7 heteroatoms. The van der Waals surface area contributed by atoms with Gasteiger partial charge in [0.1, 0.15) is 11.9 Å². The van der Waals surface area contributed by atoms with Gasteiger partial charge in [0.15, 0.2) is 0 Å². The van der Waals surface area contributed by atoms with Crippen molar-refractivity contribution in [2.45, 2.75) is 38.9 Å². The van der Waals surface area contributed by atoms with Gasteiger partial charge in [-0.3, -0.25) is 9.59 Å². The molecule has 2 atom stereocenters. The van der Waals surface area contributed by atoms with Gasteiger partial charge in [0.25, 0.3) is 0 Å². The van der Waals surface area contributed by atoms with E-state index in [1.165, 1.54) is 0 Å². The third kappa shape index (κ3) is 4.05. The second kappa shape index (κ2) is 8.95. The summed E-state index contributed by atoms with van der Waals surface area (Å²) in [5.74, 6) is 0.438. The predicted octanol–water partition coefficient (Wildman–Crippen LogP) is 5.67. The summed E-state index contributed by atoms with van der Waals surface area (Å²) in [4.78, 5) is 33.5. The van der Waals surface area contributed by atoms with Gasteiger partial charge in [-0.25, -0.2) is 4.98 Å². The second-order valence-corrected chi connectivity index (χ2v) is 9.10. The molecule has 0 radical (unpaired) electrons. The van der Waals surface area contributed by atoms with Crippen LogP contribution in [-0.2, 0) is 16.1 Å². The van der Waals surface area contributed by atoms with Gasteiger partial charge < -0.3 is 14.8 Å². The van der Waals surface area contributed by atoms with E-state index in [2.05, 4.69) is 5.32 Å². The van der Waals surface area contributed by atoms with Crippen molar-refractivity contribution in [3.05, 3.63) is 94.8 Å². The zero-order chi connectivity index (χ0) is 23.8. The maximum Gasteiger partial charge on any atom is 0.247 e. The van der Waals surface area contributed by atoms with E-state index >= 15 is 0 Å². The first kappa shape index (κ1) is 22.2. The first-order chi connectivity index (χ1) is 16.4. The number of benzene rings is 3. The zero-order valence-corrected chi connectivity index (χ0v) is 19.8. The first-order valence-electron chi connectivity index (χ1n) is 11.3. The highest BCUT2D eigenvalue weighted by molar-refractivity contribution is 6.31. The summed E-state index contributed by atoms with van der Waals surface area (Å²) in [7, 11) is 0. The number of anilines is 1. The lowest BCUT2D eigenvalue weighted by Crippen LogP contribution is -2.45. The van der Waals surface area contributed by atoms with Crippen LogP contribution >= 0.6 is 11.6 Å². The van der Waals surface area contributed by atoms with Crippen LogP contribution in [-0.4, -0.2) is 26.3 Å². The molecule has 172 valence electrons. The van der Waals surface area contributed by atoms with Crippen molar-refractivity contribution in [1.29, 1.82) is 0 Å². The molecule has 1 aliphatic heterocycles. The average molecular weight is 473 g/mol.